The van der Waals surface area contributed by atoms with Gasteiger partial charge in [-0.1, -0.05) is 13.0 Å². The molecule has 0 atom stereocenters. The van der Waals surface area contributed by atoms with Crippen LogP contribution in [0.3, 0.4) is 0 Å². The summed E-state index contributed by atoms with van der Waals surface area (Å²) in [4.78, 5) is 0. The predicted octanol–water partition coefficient (Wildman–Crippen LogP) is 2.54. The van der Waals surface area contributed by atoms with E-state index in [1.165, 1.54) is 17.5 Å². The Morgan fingerprint density at radius 3 is 2.60 bits per heavy atom. The molecule has 0 aliphatic heterocycles. The molecule has 2 N–H and O–H groups in total. The van der Waals surface area contributed by atoms with Gasteiger partial charge in [0.15, 0.2) is 0 Å². The molecule has 0 aromatic heterocycles. The Morgan fingerprint density at radius 2 is 2.00 bits per heavy atom. The number of ether oxygens (including phenoxy) is 1. The highest BCUT2D eigenvalue weighted by molar-refractivity contribution is 5.35. The fourth-order valence-corrected chi connectivity index (χ4v) is 1.76. The minimum atomic E-state index is 0.789. The van der Waals surface area contributed by atoms with Crippen molar-refractivity contribution in [2.24, 2.45) is 5.73 Å². The van der Waals surface area contributed by atoms with Gasteiger partial charge in [-0.05, 0) is 55.5 Å². The van der Waals surface area contributed by atoms with Crippen molar-refractivity contribution in [1.29, 1.82) is 0 Å². The third-order valence-electron chi connectivity index (χ3n) is 2.69. The lowest BCUT2D eigenvalue weighted by Crippen LogP contribution is -2.00. The number of hydrogen-bond acceptors (Lipinski definition) is 2. The zero-order chi connectivity index (χ0) is 11.1. The second-order valence-electron chi connectivity index (χ2n) is 3.73. The lowest BCUT2D eigenvalue weighted by molar-refractivity contribution is 0.414. The zero-order valence-corrected chi connectivity index (χ0v) is 9.75. The number of hydrogen-bond donors (Lipinski definition) is 1. The summed E-state index contributed by atoms with van der Waals surface area (Å²) in [5, 5.41) is 0. The number of aryl methyl sites for hydroxylation is 2. The highest BCUT2D eigenvalue weighted by atomic mass is 16.5. The average molecular weight is 207 g/mol. The van der Waals surface area contributed by atoms with Gasteiger partial charge in [-0.15, -0.1) is 0 Å². The molecule has 0 aliphatic carbocycles. The van der Waals surface area contributed by atoms with Gasteiger partial charge in [-0.25, -0.2) is 0 Å². The van der Waals surface area contributed by atoms with Crippen LogP contribution in [0.15, 0.2) is 18.2 Å². The fraction of sp³-hybridized carbons (Fsp3) is 0.538. The second-order valence-corrected chi connectivity index (χ2v) is 3.73. The lowest BCUT2D eigenvalue weighted by Gasteiger charge is -2.09. The van der Waals surface area contributed by atoms with Gasteiger partial charge in [0.1, 0.15) is 5.75 Å². The normalized spacial score (nSPS) is 10.3. The Balaban J connectivity index is 2.69. The van der Waals surface area contributed by atoms with E-state index < -0.39 is 0 Å². The number of methoxy groups -OCH3 is 1. The maximum absolute atomic E-state index is 5.49. The van der Waals surface area contributed by atoms with E-state index in [1.54, 1.807) is 7.11 Å². The molecule has 0 spiro atoms. The molecule has 0 saturated heterocycles. The summed E-state index contributed by atoms with van der Waals surface area (Å²) >= 11 is 0. The Labute approximate surface area is 92.4 Å². The van der Waals surface area contributed by atoms with Gasteiger partial charge in [0.2, 0.25) is 0 Å². The molecule has 0 unspecified atom stereocenters. The third-order valence-corrected chi connectivity index (χ3v) is 2.69. The van der Waals surface area contributed by atoms with Crippen LogP contribution in [0, 0.1) is 0 Å². The Hall–Kier alpha value is -1.02. The Kier molecular flexibility index (Phi) is 5.19. The molecule has 84 valence electrons. The van der Waals surface area contributed by atoms with E-state index in [1.807, 2.05) is 6.07 Å². The summed E-state index contributed by atoms with van der Waals surface area (Å²) in [6, 6.07) is 6.35. The number of rotatable bonds is 6. The molecule has 0 saturated carbocycles. The molecule has 0 fully saturated rings. The first-order chi connectivity index (χ1) is 7.31. The van der Waals surface area contributed by atoms with Crippen LogP contribution < -0.4 is 10.5 Å². The molecule has 1 rings (SSSR count). The first-order valence-corrected chi connectivity index (χ1v) is 5.67. The van der Waals surface area contributed by atoms with E-state index >= 15 is 0 Å². The van der Waals surface area contributed by atoms with Gasteiger partial charge in [-0.3, -0.25) is 0 Å². The van der Waals surface area contributed by atoms with Gasteiger partial charge in [-0.2, -0.15) is 0 Å². The quantitative estimate of drug-likeness (QED) is 0.727. The number of nitrogens with two attached hydrogens (primary N) is 1. The summed E-state index contributed by atoms with van der Waals surface area (Å²) < 4.78 is 5.22. The van der Waals surface area contributed by atoms with Crippen LogP contribution in [0.2, 0.25) is 0 Å². The second kappa shape index (κ2) is 6.46. The SMILES string of the molecule is CCc1cc(OC)ccc1CCCCN. The van der Waals surface area contributed by atoms with Gasteiger partial charge in [0.05, 0.1) is 7.11 Å². The Morgan fingerprint density at radius 1 is 1.20 bits per heavy atom. The molecule has 0 radical (unpaired) electrons. The van der Waals surface area contributed by atoms with Crippen LogP contribution in [0.1, 0.15) is 30.9 Å². The van der Waals surface area contributed by atoms with Crippen molar-refractivity contribution in [3.05, 3.63) is 29.3 Å². The van der Waals surface area contributed by atoms with Gasteiger partial charge >= 0.3 is 0 Å². The van der Waals surface area contributed by atoms with Crippen LogP contribution >= 0.6 is 0 Å². The summed E-state index contributed by atoms with van der Waals surface area (Å²) in [6.07, 6.45) is 4.48. The van der Waals surface area contributed by atoms with Crippen molar-refractivity contribution in [2.75, 3.05) is 13.7 Å². The molecule has 1 aromatic rings. The van der Waals surface area contributed by atoms with E-state index in [4.69, 9.17) is 10.5 Å². The molecule has 0 amide bonds. The van der Waals surface area contributed by atoms with Gasteiger partial charge < -0.3 is 10.5 Å². The van der Waals surface area contributed by atoms with Crippen LogP contribution in [-0.4, -0.2) is 13.7 Å². The maximum atomic E-state index is 5.49. The average Bonchev–Trinajstić information content (AvgIpc) is 2.29. The fourth-order valence-electron chi connectivity index (χ4n) is 1.76. The van der Waals surface area contributed by atoms with E-state index in [2.05, 4.69) is 19.1 Å². The first-order valence-electron chi connectivity index (χ1n) is 5.67. The number of benzene rings is 1. The largest absolute Gasteiger partial charge is 0.497 e. The molecule has 0 bridgehead atoms. The van der Waals surface area contributed by atoms with Crippen LogP contribution in [0.5, 0.6) is 5.75 Å². The topological polar surface area (TPSA) is 35.2 Å². The summed E-state index contributed by atoms with van der Waals surface area (Å²) in [5.41, 5.74) is 8.32. The standard InChI is InChI=1S/C13H21NO/c1-3-11-10-13(15-2)8-7-12(11)6-4-5-9-14/h7-8,10H,3-6,9,14H2,1-2H3. The van der Waals surface area contributed by atoms with Crippen molar-refractivity contribution in [3.8, 4) is 5.75 Å². The summed E-state index contributed by atoms with van der Waals surface area (Å²) in [6.45, 7) is 2.97. The van der Waals surface area contributed by atoms with Crippen molar-refractivity contribution >= 4 is 0 Å². The molecule has 1 aromatic carbocycles. The minimum Gasteiger partial charge on any atom is -0.497 e. The number of unbranched alkanes of at least 4 members (excludes halogenated alkanes) is 1. The Bertz CT molecular complexity index is 297. The smallest absolute Gasteiger partial charge is 0.119 e. The van der Waals surface area contributed by atoms with Crippen LogP contribution in [0.25, 0.3) is 0 Å². The highest BCUT2D eigenvalue weighted by Crippen LogP contribution is 2.19. The summed E-state index contributed by atoms with van der Waals surface area (Å²) in [5.74, 6) is 0.953. The molecule has 2 heteroatoms. The minimum absolute atomic E-state index is 0.789. The van der Waals surface area contributed by atoms with Crippen LogP contribution in [0.4, 0.5) is 0 Å². The molecular formula is C13H21NO. The zero-order valence-electron chi connectivity index (χ0n) is 9.75. The molecule has 0 aliphatic rings. The van der Waals surface area contributed by atoms with E-state index in [0.29, 0.717) is 0 Å². The predicted molar refractivity (Wildman–Crippen MR) is 64.4 cm³/mol. The van der Waals surface area contributed by atoms with Crippen molar-refractivity contribution in [3.63, 3.8) is 0 Å². The van der Waals surface area contributed by atoms with E-state index in [-0.39, 0.29) is 0 Å². The summed E-state index contributed by atoms with van der Waals surface area (Å²) in [7, 11) is 1.71. The van der Waals surface area contributed by atoms with Gasteiger partial charge in [0.25, 0.3) is 0 Å². The lowest BCUT2D eigenvalue weighted by atomic mass is 10.00. The first kappa shape index (κ1) is 12.1. The molecule has 2 nitrogen and oxygen atoms in total. The van der Waals surface area contributed by atoms with E-state index in [9.17, 15) is 0 Å². The molecule has 0 heterocycles. The highest BCUT2D eigenvalue weighted by Gasteiger charge is 2.02. The third kappa shape index (κ3) is 3.56. The van der Waals surface area contributed by atoms with Gasteiger partial charge in [0, 0.05) is 0 Å². The van der Waals surface area contributed by atoms with Crippen molar-refractivity contribution in [1.82, 2.24) is 0 Å². The monoisotopic (exact) mass is 207 g/mol. The molecular weight excluding hydrogens is 186 g/mol. The van der Waals surface area contributed by atoms with Crippen LogP contribution in [-0.2, 0) is 12.8 Å². The maximum Gasteiger partial charge on any atom is 0.119 e. The van der Waals surface area contributed by atoms with Crippen molar-refractivity contribution < 1.29 is 4.74 Å². The molecule has 15 heavy (non-hydrogen) atoms. The van der Waals surface area contributed by atoms with Crippen molar-refractivity contribution in [2.45, 2.75) is 32.6 Å². The van der Waals surface area contributed by atoms with E-state index in [0.717, 1.165) is 31.6 Å².